The molecule has 0 radical (unpaired) electrons. The highest BCUT2D eigenvalue weighted by Crippen LogP contribution is 2.39. The van der Waals surface area contributed by atoms with Crippen molar-refractivity contribution >= 4 is 17.6 Å². The number of rotatable bonds is 4. The summed E-state index contributed by atoms with van der Waals surface area (Å²) in [5.41, 5.74) is 9.90. The lowest BCUT2D eigenvalue weighted by atomic mass is 9.80. The SMILES string of the molecule is CC1=C(C(=O)O)C(c2cccc(N=[N+]=[N-])c2)C(C(=O)O)=C(C)N1. The summed E-state index contributed by atoms with van der Waals surface area (Å²) in [6, 6.07) is 6.24. The second-order valence-corrected chi connectivity index (χ2v) is 5.03. The average Bonchev–Trinajstić information content (AvgIpc) is 2.46. The van der Waals surface area contributed by atoms with E-state index in [1.807, 2.05) is 0 Å². The molecule has 0 aliphatic carbocycles. The molecule has 0 unspecified atom stereocenters. The summed E-state index contributed by atoms with van der Waals surface area (Å²) in [5, 5.41) is 25.3. The smallest absolute Gasteiger partial charge is 0.334 e. The normalized spacial score (nSPS) is 15.0. The Morgan fingerprint density at radius 2 is 1.74 bits per heavy atom. The second-order valence-electron chi connectivity index (χ2n) is 5.03. The van der Waals surface area contributed by atoms with E-state index in [1.54, 1.807) is 32.0 Å². The molecule has 1 aliphatic heterocycles. The molecule has 118 valence electrons. The molecular weight excluding hydrogens is 300 g/mol. The lowest BCUT2D eigenvalue weighted by Crippen LogP contribution is -2.30. The zero-order chi connectivity index (χ0) is 17.1. The molecule has 0 atom stereocenters. The average molecular weight is 314 g/mol. The molecule has 0 bridgehead atoms. The van der Waals surface area contributed by atoms with Crippen molar-refractivity contribution in [1.82, 2.24) is 5.32 Å². The van der Waals surface area contributed by atoms with Gasteiger partial charge >= 0.3 is 11.9 Å². The van der Waals surface area contributed by atoms with E-state index in [4.69, 9.17) is 5.53 Å². The Morgan fingerprint density at radius 3 is 2.22 bits per heavy atom. The van der Waals surface area contributed by atoms with E-state index in [1.165, 1.54) is 6.07 Å². The van der Waals surface area contributed by atoms with Gasteiger partial charge in [0, 0.05) is 22.0 Å². The number of nitrogens with one attached hydrogen (secondary N) is 1. The number of hydrogen-bond donors (Lipinski definition) is 3. The highest BCUT2D eigenvalue weighted by Gasteiger charge is 2.36. The number of aliphatic carboxylic acids is 2. The Morgan fingerprint density at radius 1 is 1.17 bits per heavy atom. The summed E-state index contributed by atoms with van der Waals surface area (Å²) in [4.78, 5) is 26.0. The van der Waals surface area contributed by atoms with Gasteiger partial charge in [0.1, 0.15) is 0 Å². The zero-order valence-electron chi connectivity index (χ0n) is 12.4. The lowest BCUT2D eigenvalue weighted by Gasteiger charge is -2.28. The van der Waals surface area contributed by atoms with Gasteiger partial charge in [-0.05, 0) is 31.0 Å². The van der Waals surface area contributed by atoms with Crippen molar-refractivity contribution in [1.29, 1.82) is 0 Å². The molecule has 0 fully saturated rings. The molecule has 3 N–H and O–H groups in total. The number of dihydropyridines is 1. The largest absolute Gasteiger partial charge is 0.478 e. The van der Waals surface area contributed by atoms with Crippen LogP contribution in [0.1, 0.15) is 25.3 Å². The molecule has 0 saturated carbocycles. The highest BCUT2D eigenvalue weighted by atomic mass is 16.4. The summed E-state index contributed by atoms with van der Waals surface area (Å²) < 4.78 is 0. The summed E-state index contributed by atoms with van der Waals surface area (Å²) in [6.45, 7) is 3.16. The summed E-state index contributed by atoms with van der Waals surface area (Å²) in [7, 11) is 0. The fraction of sp³-hybridized carbons (Fsp3) is 0.200. The molecule has 1 aromatic rings. The van der Waals surface area contributed by atoms with Gasteiger partial charge < -0.3 is 15.5 Å². The molecule has 8 heteroatoms. The van der Waals surface area contributed by atoms with Gasteiger partial charge in [0.05, 0.1) is 17.1 Å². The lowest BCUT2D eigenvalue weighted by molar-refractivity contribution is -0.133. The van der Waals surface area contributed by atoms with E-state index in [2.05, 4.69) is 15.3 Å². The summed E-state index contributed by atoms with van der Waals surface area (Å²) in [5.74, 6) is -3.37. The minimum absolute atomic E-state index is 0.0499. The molecule has 0 aromatic heterocycles. The number of nitrogens with zero attached hydrogens (tertiary/aromatic N) is 3. The number of carboxylic acid groups (broad SMARTS) is 2. The molecule has 1 heterocycles. The Labute approximate surface area is 131 Å². The maximum atomic E-state index is 11.6. The van der Waals surface area contributed by atoms with Crippen LogP contribution in [-0.4, -0.2) is 22.2 Å². The van der Waals surface area contributed by atoms with Crippen molar-refractivity contribution in [3.63, 3.8) is 0 Å². The highest BCUT2D eigenvalue weighted by molar-refractivity contribution is 5.98. The molecule has 0 saturated heterocycles. The van der Waals surface area contributed by atoms with Crippen LogP contribution in [0.5, 0.6) is 0 Å². The fourth-order valence-corrected chi connectivity index (χ4v) is 2.71. The van der Waals surface area contributed by atoms with Gasteiger partial charge in [-0.15, -0.1) is 0 Å². The first kappa shape index (κ1) is 16.1. The number of carbonyl (C=O) groups is 2. The zero-order valence-corrected chi connectivity index (χ0v) is 12.4. The third kappa shape index (κ3) is 3.02. The predicted octanol–water partition coefficient (Wildman–Crippen LogP) is 3.03. The Kier molecular flexibility index (Phi) is 4.38. The van der Waals surface area contributed by atoms with Crippen LogP contribution in [0.2, 0.25) is 0 Å². The number of hydrogen-bond acceptors (Lipinski definition) is 4. The number of carboxylic acids is 2. The van der Waals surface area contributed by atoms with E-state index in [9.17, 15) is 19.8 Å². The standard InChI is InChI=1S/C15H14N4O4/c1-7-11(14(20)21)13(12(15(22)23)8(2)17-7)9-4-3-5-10(6-9)18-19-16/h3-6,13,17H,1-2H3,(H,20,21)(H,22,23). The van der Waals surface area contributed by atoms with Crippen molar-refractivity contribution < 1.29 is 19.8 Å². The monoisotopic (exact) mass is 314 g/mol. The Bertz CT molecular complexity index is 767. The minimum atomic E-state index is -1.21. The third-order valence-corrected chi connectivity index (χ3v) is 3.58. The summed E-state index contributed by atoms with van der Waals surface area (Å²) in [6.07, 6.45) is 0. The molecular formula is C15H14N4O4. The van der Waals surface area contributed by atoms with Crippen molar-refractivity contribution in [2.45, 2.75) is 19.8 Å². The molecule has 23 heavy (non-hydrogen) atoms. The van der Waals surface area contributed by atoms with Crippen molar-refractivity contribution in [3.05, 3.63) is 62.8 Å². The Hall–Kier alpha value is -3.25. The van der Waals surface area contributed by atoms with Gasteiger partial charge in [0.15, 0.2) is 0 Å². The van der Waals surface area contributed by atoms with Gasteiger partial charge in [-0.3, -0.25) is 0 Å². The molecule has 2 rings (SSSR count). The number of azide groups is 1. The molecule has 0 spiro atoms. The predicted molar refractivity (Wildman–Crippen MR) is 81.8 cm³/mol. The maximum absolute atomic E-state index is 11.6. The van der Waals surface area contributed by atoms with Crippen LogP contribution < -0.4 is 5.32 Å². The van der Waals surface area contributed by atoms with Crippen molar-refractivity contribution in [2.75, 3.05) is 0 Å². The van der Waals surface area contributed by atoms with E-state index in [-0.39, 0.29) is 16.8 Å². The molecule has 1 aromatic carbocycles. The third-order valence-electron chi connectivity index (χ3n) is 3.58. The first-order valence-corrected chi connectivity index (χ1v) is 6.67. The van der Waals surface area contributed by atoms with Gasteiger partial charge in [0.25, 0.3) is 0 Å². The van der Waals surface area contributed by atoms with Crippen LogP contribution in [0.3, 0.4) is 0 Å². The quantitative estimate of drug-likeness (QED) is 0.446. The van der Waals surface area contributed by atoms with Gasteiger partial charge in [-0.25, -0.2) is 9.59 Å². The first-order chi connectivity index (χ1) is 10.9. The molecule has 8 nitrogen and oxygen atoms in total. The summed E-state index contributed by atoms with van der Waals surface area (Å²) >= 11 is 0. The van der Waals surface area contributed by atoms with E-state index >= 15 is 0 Å². The van der Waals surface area contributed by atoms with Crippen LogP contribution in [0.25, 0.3) is 10.4 Å². The minimum Gasteiger partial charge on any atom is -0.478 e. The van der Waals surface area contributed by atoms with Gasteiger partial charge in [-0.2, -0.15) is 0 Å². The molecule has 1 aliphatic rings. The van der Waals surface area contributed by atoms with Crippen molar-refractivity contribution in [2.24, 2.45) is 5.11 Å². The fourth-order valence-electron chi connectivity index (χ4n) is 2.71. The van der Waals surface area contributed by atoms with Gasteiger partial charge in [-0.1, -0.05) is 23.3 Å². The maximum Gasteiger partial charge on any atom is 0.334 e. The van der Waals surface area contributed by atoms with Crippen molar-refractivity contribution in [3.8, 4) is 0 Å². The van der Waals surface area contributed by atoms with E-state index in [0.717, 1.165) is 0 Å². The van der Waals surface area contributed by atoms with Gasteiger partial charge in [0.2, 0.25) is 0 Å². The number of allylic oxidation sites excluding steroid dienone is 2. The second kappa shape index (κ2) is 6.25. The first-order valence-electron chi connectivity index (χ1n) is 6.67. The van der Waals surface area contributed by atoms with Crippen LogP contribution in [-0.2, 0) is 9.59 Å². The van der Waals surface area contributed by atoms with Crippen LogP contribution in [0, 0.1) is 0 Å². The molecule has 0 amide bonds. The van der Waals surface area contributed by atoms with Crippen LogP contribution in [0.15, 0.2) is 51.9 Å². The number of benzene rings is 1. The topological polar surface area (TPSA) is 135 Å². The van der Waals surface area contributed by atoms with E-state index in [0.29, 0.717) is 17.0 Å². The van der Waals surface area contributed by atoms with Crippen LogP contribution in [0.4, 0.5) is 5.69 Å². The van der Waals surface area contributed by atoms with E-state index < -0.39 is 17.9 Å². The van der Waals surface area contributed by atoms with Crippen LogP contribution >= 0.6 is 0 Å². The Balaban J connectivity index is 2.71.